The van der Waals surface area contributed by atoms with Gasteiger partial charge in [0.15, 0.2) is 0 Å². The second-order valence-corrected chi connectivity index (χ2v) is 5.75. The van der Waals surface area contributed by atoms with Gasteiger partial charge in [0, 0.05) is 7.11 Å². The van der Waals surface area contributed by atoms with Crippen molar-refractivity contribution in [2.75, 3.05) is 27.1 Å². The van der Waals surface area contributed by atoms with E-state index in [0.29, 0.717) is 6.10 Å². The molecule has 6 nitrogen and oxygen atoms in total. The number of ether oxygens (including phenoxy) is 5. The van der Waals surface area contributed by atoms with E-state index in [1.807, 2.05) is 0 Å². The molecule has 0 saturated carbocycles. The van der Waals surface area contributed by atoms with Crippen molar-refractivity contribution in [3.05, 3.63) is 0 Å². The Bertz CT molecular complexity index is 308. The number of hydrogen-bond acceptors (Lipinski definition) is 6. The van der Waals surface area contributed by atoms with Crippen molar-refractivity contribution in [1.82, 2.24) is 0 Å². The fourth-order valence-corrected chi connectivity index (χ4v) is 3.18. The molecule has 3 saturated heterocycles. The van der Waals surface area contributed by atoms with E-state index in [0.717, 1.165) is 32.3 Å². The average molecular weight is 288 g/mol. The summed E-state index contributed by atoms with van der Waals surface area (Å²) in [6.45, 7) is 0.963. The summed E-state index contributed by atoms with van der Waals surface area (Å²) in [6, 6.07) is 0. The van der Waals surface area contributed by atoms with E-state index in [-0.39, 0.29) is 43.9 Å². The van der Waals surface area contributed by atoms with Gasteiger partial charge in [0.25, 0.3) is 0 Å². The van der Waals surface area contributed by atoms with Crippen molar-refractivity contribution in [2.45, 2.75) is 62.3 Å². The Balaban J connectivity index is 1.46. The Morgan fingerprint density at radius 2 is 1.70 bits per heavy atom. The lowest BCUT2D eigenvalue weighted by Crippen LogP contribution is -2.35. The standard InChI is InChI=1S/C14H24O6/c1-16-8-18-13(6-15)11-4-2-9(19-11)10-3-5-12(20-10)14-7-17-14/h9-15H,2-8H2,1H3/t9-,10-,11-,12-,13+,14-/m1/s1. The molecular weight excluding hydrogens is 264 g/mol. The Morgan fingerprint density at radius 3 is 2.35 bits per heavy atom. The van der Waals surface area contributed by atoms with Crippen LogP contribution in [0.25, 0.3) is 0 Å². The van der Waals surface area contributed by atoms with Gasteiger partial charge >= 0.3 is 0 Å². The molecule has 0 aromatic carbocycles. The van der Waals surface area contributed by atoms with E-state index in [1.165, 1.54) is 0 Å². The monoisotopic (exact) mass is 288 g/mol. The van der Waals surface area contributed by atoms with Gasteiger partial charge < -0.3 is 28.8 Å². The lowest BCUT2D eigenvalue weighted by Gasteiger charge is -2.24. The second kappa shape index (κ2) is 6.68. The smallest absolute Gasteiger partial charge is 0.146 e. The molecule has 1 N–H and O–H groups in total. The summed E-state index contributed by atoms with van der Waals surface area (Å²) in [5, 5.41) is 9.38. The molecule has 3 rings (SSSR count). The van der Waals surface area contributed by atoms with Crippen LogP contribution in [-0.2, 0) is 23.7 Å². The van der Waals surface area contributed by atoms with Gasteiger partial charge in [-0.2, -0.15) is 0 Å². The molecule has 3 fully saturated rings. The lowest BCUT2D eigenvalue weighted by atomic mass is 10.1. The molecule has 0 radical (unpaired) electrons. The van der Waals surface area contributed by atoms with Crippen molar-refractivity contribution in [1.29, 1.82) is 0 Å². The van der Waals surface area contributed by atoms with Gasteiger partial charge in [-0.3, -0.25) is 0 Å². The molecule has 116 valence electrons. The number of aliphatic hydroxyl groups is 1. The summed E-state index contributed by atoms with van der Waals surface area (Å²) in [6.07, 6.45) is 4.40. The quantitative estimate of drug-likeness (QED) is 0.542. The van der Waals surface area contributed by atoms with E-state index >= 15 is 0 Å². The number of rotatable bonds is 7. The Hall–Kier alpha value is -0.240. The van der Waals surface area contributed by atoms with Crippen LogP contribution in [0.5, 0.6) is 0 Å². The van der Waals surface area contributed by atoms with E-state index in [4.69, 9.17) is 23.7 Å². The van der Waals surface area contributed by atoms with Crippen molar-refractivity contribution >= 4 is 0 Å². The molecule has 0 aromatic heterocycles. The Labute approximate surface area is 119 Å². The Morgan fingerprint density at radius 1 is 1.05 bits per heavy atom. The maximum atomic E-state index is 9.38. The highest BCUT2D eigenvalue weighted by atomic mass is 16.7. The molecule has 0 aromatic rings. The van der Waals surface area contributed by atoms with Gasteiger partial charge in [0.1, 0.15) is 19.0 Å². The molecule has 3 aliphatic heterocycles. The van der Waals surface area contributed by atoms with Crippen LogP contribution in [0, 0.1) is 0 Å². The molecule has 0 aliphatic carbocycles. The van der Waals surface area contributed by atoms with Crippen molar-refractivity contribution in [3.63, 3.8) is 0 Å². The first kappa shape index (κ1) is 14.7. The molecule has 20 heavy (non-hydrogen) atoms. The minimum Gasteiger partial charge on any atom is -0.394 e. The molecule has 0 unspecified atom stereocenters. The topological polar surface area (TPSA) is 69.7 Å². The fourth-order valence-electron chi connectivity index (χ4n) is 3.18. The van der Waals surface area contributed by atoms with Gasteiger partial charge in [-0.25, -0.2) is 0 Å². The number of epoxide rings is 1. The molecule has 0 spiro atoms. The van der Waals surface area contributed by atoms with Gasteiger partial charge in [-0.05, 0) is 25.7 Å². The summed E-state index contributed by atoms with van der Waals surface area (Å²) in [5.41, 5.74) is 0. The minimum atomic E-state index is -0.316. The summed E-state index contributed by atoms with van der Waals surface area (Å²) in [7, 11) is 1.57. The summed E-state index contributed by atoms with van der Waals surface area (Å²) >= 11 is 0. The molecule has 0 amide bonds. The van der Waals surface area contributed by atoms with E-state index in [9.17, 15) is 5.11 Å². The summed E-state index contributed by atoms with van der Waals surface area (Å²) < 4.78 is 27.7. The van der Waals surface area contributed by atoms with Crippen molar-refractivity contribution in [3.8, 4) is 0 Å². The molecular formula is C14H24O6. The average Bonchev–Trinajstić information content (AvgIpc) is 3.01. The van der Waals surface area contributed by atoms with E-state index in [2.05, 4.69) is 0 Å². The zero-order valence-corrected chi connectivity index (χ0v) is 11.9. The second-order valence-electron chi connectivity index (χ2n) is 5.75. The molecule has 3 heterocycles. The zero-order chi connectivity index (χ0) is 13.9. The molecule has 6 heteroatoms. The third kappa shape index (κ3) is 3.32. The molecule has 6 atom stereocenters. The zero-order valence-electron chi connectivity index (χ0n) is 11.9. The fraction of sp³-hybridized carbons (Fsp3) is 1.00. The van der Waals surface area contributed by atoms with Gasteiger partial charge in [-0.15, -0.1) is 0 Å². The maximum Gasteiger partial charge on any atom is 0.146 e. The van der Waals surface area contributed by atoms with Crippen molar-refractivity contribution in [2.24, 2.45) is 0 Å². The van der Waals surface area contributed by atoms with Crippen LogP contribution >= 0.6 is 0 Å². The highest BCUT2D eigenvalue weighted by molar-refractivity contribution is 4.91. The SMILES string of the molecule is COCO[C@@H](CO)[C@H]1CC[C@H]([C@H]2CC[C@H]([C@H]3CO3)O2)O1. The third-order valence-corrected chi connectivity index (χ3v) is 4.35. The molecule has 0 bridgehead atoms. The predicted molar refractivity (Wildman–Crippen MR) is 69.4 cm³/mol. The van der Waals surface area contributed by atoms with Gasteiger partial charge in [0.05, 0.1) is 37.6 Å². The minimum absolute atomic E-state index is 0.0508. The van der Waals surface area contributed by atoms with Crippen LogP contribution in [0.4, 0.5) is 0 Å². The third-order valence-electron chi connectivity index (χ3n) is 4.35. The van der Waals surface area contributed by atoms with Crippen LogP contribution < -0.4 is 0 Å². The van der Waals surface area contributed by atoms with E-state index < -0.39 is 0 Å². The lowest BCUT2D eigenvalue weighted by molar-refractivity contribution is -0.151. The summed E-state index contributed by atoms with van der Waals surface area (Å²) in [4.78, 5) is 0. The number of methoxy groups -OCH3 is 1. The van der Waals surface area contributed by atoms with Crippen LogP contribution in [0.15, 0.2) is 0 Å². The molecule has 3 aliphatic rings. The largest absolute Gasteiger partial charge is 0.394 e. The highest BCUT2D eigenvalue weighted by Gasteiger charge is 2.44. The van der Waals surface area contributed by atoms with Crippen molar-refractivity contribution < 1.29 is 28.8 Å². The highest BCUT2D eigenvalue weighted by Crippen LogP contribution is 2.36. The van der Waals surface area contributed by atoms with Crippen LogP contribution in [0.1, 0.15) is 25.7 Å². The first-order valence-corrected chi connectivity index (χ1v) is 7.45. The van der Waals surface area contributed by atoms with Crippen LogP contribution in [-0.4, -0.2) is 68.8 Å². The Kier molecular flexibility index (Phi) is 4.91. The summed E-state index contributed by atoms with van der Waals surface area (Å²) in [5.74, 6) is 0. The first-order valence-electron chi connectivity index (χ1n) is 7.45. The maximum absolute atomic E-state index is 9.38. The normalized spacial score (nSPS) is 42.0. The van der Waals surface area contributed by atoms with Crippen LogP contribution in [0.2, 0.25) is 0 Å². The number of hydrogen-bond donors (Lipinski definition) is 1. The van der Waals surface area contributed by atoms with Gasteiger partial charge in [-0.1, -0.05) is 0 Å². The van der Waals surface area contributed by atoms with Crippen LogP contribution in [0.3, 0.4) is 0 Å². The van der Waals surface area contributed by atoms with Gasteiger partial charge in [0.2, 0.25) is 0 Å². The number of aliphatic hydroxyl groups excluding tert-OH is 1. The predicted octanol–water partition coefficient (Wildman–Crippen LogP) is 0.462. The van der Waals surface area contributed by atoms with E-state index in [1.54, 1.807) is 7.11 Å². The first-order chi connectivity index (χ1) is 9.81.